The van der Waals surface area contributed by atoms with Gasteiger partial charge in [0, 0.05) is 6.54 Å². The van der Waals surface area contributed by atoms with Crippen LogP contribution < -0.4 is 5.56 Å². The van der Waals surface area contributed by atoms with Gasteiger partial charge >= 0.3 is 0 Å². The Morgan fingerprint density at radius 2 is 2.31 bits per heavy atom. The first-order valence-corrected chi connectivity index (χ1v) is 5.29. The summed E-state index contributed by atoms with van der Waals surface area (Å²) >= 11 is 0. The van der Waals surface area contributed by atoms with E-state index in [0.717, 1.165) is 17.5 Å². The second-order valence-electron chi connectivity index (χ2n) is 3.79. The van der Waals surface area contributed by atoms with Gasteiger partial charge in [-0.05, 0) is 25.0 Å². The molecule has 82 valence electrons. The van der Waals surface area contributed by atoms with Crippen LogP contribution in [0.2, 0.25) is 0 Å². The summed E-state index contributed by atoms with van der Waals surface area (Å²) in [6, 6.07) is 5.71. The van der Waals surface area contributed by atoms with Gasteiger partial charge in [0.2, 0.25) is 0 Å². The molecule has 0 fully saturated rings. The third-order valence-corrected chi connectivity index (χ3v) is 2.64. The molecule has 1 heterocycles. The van der Waals surface area contributed by atoms with Crippen LogP contribution in [0, 0.1) is 6.92 Å². The number of aromatic nitrogens is 2. The summed E-state index contributed by atoms with van der Waals surface area (Å²) in [5.41, 5.74) is 1.77. The molecule has 2 aromatic rings. The van der Waals surface area contributed by atoms with E-state index >= 15 is 0 Å². The minimum atomic E-state index is 0.0324. The van der Waals surface area contributed by atoms with Crippen molar-refractivity contribution in [1.82, 2.24) is 9.55 Å². The Morgan fingerprint density at radius 3 is 3.06 bits per heavy atom. The highest BCUT2D eigenvalue weighted by molar-refractivity contribution is 5.80. The summed E-state index contributed by atoms with van der Waals surface area (Å²) in [6.45, 7) is 6.22. The maximum Gasteiger partial charge on any atom is 0.261 e. The van der Waals surface area contributed by atoms with Crippen LogP contribution in [0.25, 0.3) is 10.9 Å². The highest BCUT2D eigenvalue weighted by Gasteiger charge is 2.05. The van der Waals surface area contributed by atoms with Crippen molar-refractivity contribution in [3.8, 4) is 0 Å². The lowest BCUT2D eigenvalue weighted by atomic mass is 10.1. The summed E-state index contributed by atoms with van der Waals surface area (Å²) in [4.78, 5) is 16.4. The third kappa shape index (κ3) is 1.76. The van der Waals surface area contributed by atoms with Gasteiger partial charge in [0.25, 0.3) is 5.56 Å². The van der Waals surface area contributed by atoms with Crippen LogP contribution in [0.4, 0.5) is 0 Å². The molecule has 0 unspecified atom stereocenters. The number of fused-ring (bicyclic) bond motifs is 1. The lowest BCUT2D eigenvalue weighted by Crippen LogP contribution is -2.21. The lowest BCUT2D eigenvalue weighted by Gasteiger charge is -2.06. The molecule has 0 saturated carbocycles. The molecule has 1 aromatic heterocycles. The smallest absolute Gasteiger partial charge is 0.261 e. The van der Waals surface area contributed by atoms with Crippen molar-refractivity contribution in [2.45, 2.75) is 19.9 Å². The van der Waals surface area contributed by atoms with Crippen LogP contribution in [-0.4, -0.2) is 9.55 Å². The molecule has 0 bridgehead atoms. The van der Waals surface area contributed by atoms with E-state index in [1.54, 1.807) is 17.0 Å². The molecule has 3 nitrogen and oxygen atoms in total. The van der Waals surface area contributed by atoms with Gasteiger partial charge < -0.3 is 0 Å². The Labute approximate surface area is 94.1 Å². The van der Waals surface area contributed by atoms with E-state index < -0.39 is 0 Å². The summed E-state index contributed by atoms with van der Waals surface area (Å²) in [7, 11) is 0. The van der Waals surface area contributed by atoms with Crippen LogP contribution in [0.5, 0.6) is 0 Å². The van der Waals surface area contributed by atoms with Gasteiger partial charge in [-0.15, -0.1) is 6.58 Å². The van der Waals surface area contributed by atoms with E-state index in [9.17, 15) is 4.79 Å². The highest BCUT2D eigenvalue weighted by atomic mass is 16.1. The Kier molecular flexibility index (Phi) is 2.86. The van der Waals surface area contributed by atoms with E-state index in [1.165, 1.54) is 0 Å². The maximum atomic E-state index is 12.1. The van der Waals surface area contributed by atoms with Gasteiger partial charge in [0.1, 0.15) is 0 Å². The molecule has 0 aliphatic carbocycles. The first-order chi connectivity index (χ1) is 7.74. The van der Waals surface area contributed by atoms with Crippen molar-refractivity contribution in [3.63, 3.8) is 0 Å². The topological polar surface area (TPSA) is 34.9 Å². The zero-order chi connectivity index (χ0) is 11.5. The largest absolute Gasteiger partial charge is 0.298 e. The highest BCUT2D eigenvalue weighted by Crippen LogP contribution is 2.10. The minimum Gasteiger partial charge on any atom is -0.298 e. The molecule has 16 heavy (non-hydrogen) atoms. The maximum absolute atomic E-state index is 12.1. The fourth-order valence-electron chi connectivity index (χ4n) is 1.76. The summed E-state index contributed by atoms with van der Waals surface area (Å²) in [5, 5.41) is 0.717. The van der Waals surface area contributed by atoms with Crippen molar-refractivity contribution < 1.29 is 0 Å². The molecule has 0 saturated heterocycles. The van der Waals surface area contributed by atoms with Gasteiger partial charge in [0.15, 0.2) is 0 Å². The number of hydrogen-bond acceptors (Lipinski definition) is 2. The van der Waals surface area contributed by atoms with Crippen molar-refractivity contribution in [2.75, 3.05) is 0 Å². The number of hydrogen-bond donors (Lipinski definition) is 0. The molecule has 0 atom stereocenters. The summed E-state index contributed by atoms with van der Waals surface area (Å²) in [5.74, 6) is 0. The van der Waals surface area contributed by atoms with E-state index in [0.29, 0.717) is 11.9 Å². The second kappa shape index (κ2) is 4.31. The fraction of sp³-hybridized carbons (Fsp3) is 0.231. The first-order valence-electron chi connectivity index (χ1n) is 5.29. The molecule has 1 aromatic carbocycles. The van der Waals surface area contributed by atoms with Crippen molar-refractivity contribution in [3.05, 3.63) is 53.1 Å². The Morgan fingerprint density at radius 1 is 1.50 bits per heavy atom. The monoisotopic (exact) mass is 214 g/mol. The molecule has 0 radical (unpaired) electrons. The summed E-state index contributed by atoms with van der Waals surface area (Å²) in [6.07, 6.45) is 4.18. The van der Waals surface area contributed by atoms with Gasteiger partial charge in [-0.2, -0.15) is 0 Å². The van der Waals surface area contributed by atoms with Crippen molar-refractivity contribution >= 4 is 10.9 Å². The first kappa shape index (κ1) is 10.6. The molecule has 2 rings (SSSR count). The number of allylic oxidation sites excluding steroid dienone is 1. The third-order valence-electron chi connectivity index (χ3n) is 2.64. The molecule has 0 aliphatic rings. The van der Waals surface area contributed by atoms with E-state index in [1.807, 2.05) is 25.1 Å². The number of nitrogens with zero attached hydrogens (tertiary/aromatic N) is 2. The Bertz CT molecular complexity index is 584. The van der Waals surface area contributed by atoms with E-state index in [-0.39, 0.29) is 5.56 Å². The number of benzene rings is 1. The molecule has 0 amide bonds. The fourth-order valence-corrected chi connectivity index (χ4v) is 1.76. The van der Waals surface area contributed by atoms with Crippen molar-refractivity contribution in [2.24, 2.45) is 0 Å². The Hall–Kier alpha value is -1.90. The number of aryl methyl sites for hydroxylation is 2. The van der Waals surface area contributed by atoms with Crippen molar-refractivity contribution in [1.29, 1.82) is 0 Å². The molecule has 0 N–H and O–H groups in total. The Balaban J connectivity index is 2.64. The van der Waals surface area contributed by atoms with Gasteiger partial charge in [-0.1, -0.05) is 18.2 Å². The van der Waals surface area contributed by atoms with Gasteiger partial charge in [-0.25, -0.2) is 4.98 Å². The van der Waals surface area contributed by atoms with Gasteiger partial charge in [-0.3, -0.25) is 9.36 Å². The average molecular weight is 214 g/mol. The van der Waals surface area contributed by atoms with Gasteiger partial charge in [0.05, 0.1) is 17.2 Å². The van der Waals surface area contributed by atoms with Crippen LogP contribution in [0.3, 0.4) is 0 Å². The zero-order valence-electron chi connectivity index (χ0n) is 9.31. The molecule has 0 aliphatic heterocycles. The molecular weight excluding hydrogens is 200 g/mol. The van der Waals surface area contributed by atoms with Crippen LogP contribution in [0.1, 0.15) is 12.0 Å². The normalized spacial score (nSPS) is 10.6. The average Bonchev–Trinajstić information content (AvgIpc) is 2.28. The predicted octanol–water partition coefficient (Wildman–Crippen LogP) is 2.28. The molecule has 3 heteroatoms. The van der Waals surface area contributed by atoms with E-state index in [4.69, 9.17) is 0 Å². The predicted molar refractivity (Wildman–Crippen MR) is 65.6 cm³/mol. The second-order valence-corrected chi connectivity index (χ2v) is 3.79. The van der Waals surface area contributed by atoms with E-state index in [2.05, 4.69) is 11.6 Å². The summed E-state index contributed by atoms with van der Waals surface area (Å²) < 4.78 is 1.64. The minimum absolute atomic E-state index is 0.0324. The molecule has 0 spiro atoms. The van der Waals surface area contributed by atoms with Crippen LogP contribution in [0.15, 0.2) is 42.0 Å². The van der Waals surface area contributed by atoms with Crippen LogP contribution in [-0.2, 0) is 6.54 Å². The standard InChI is InChI=1S/C13H14N2O/c1-3-4-8-15-9-14-11-7-5-6-10(2)12(11)13(15)16/h3,5-7,9H,1,4,8H2,2H3. The SMILES string of the molecule is C=CCCn1cnc2cccc(C)c2c1=O. The number of rotatable bonds is 3. The lowest BCUT2D eigenvalue weighted by molar-refractivity contribution is 0.674. The quantitative estimate of drug-likeness (QED) is 0.735. The zero-order valence-corrected chi connectivity index (χ0v) is 9.31. The molecular formula is C13H14N2O. The van der Waals surface area contributed by atoms with Crippen LogP contribution >= 0.6 is 0 Å².